The molecule has 6 rings (SSSR count). The molecule has 0 fully saturated rings. The molecule has 0 bridgehead atoms. The molecule has 0 aliphatic carbocycles. The van der Waals surface area contributed by atoms with Crippen molar-refractivity contribution in [2.45, 2.75) is 0 Å². The third-order valence-corrected chi connectivity index (χ3v) is 5.52. The highest BCUT2D eigenvalue weighted by Gasteiger charge is 2.12. The van der Waals surface area contributed by atoms with Crippen LogP contribution in [0.5, 0.6) is 0 Å². The average molecular weight is 386 g/mol. The van der Waals surface area contributed by atoms with Gasteiger partial charge in [-0.25, -0.2) is 4.68 Å². The van der Waals surface area contributed by atoms with Crippen LogP contribution >= 0.6 is 0 Å². The van der Waals surface area contributed by atoms with Crippen molar-refractivity contribution in [1.82, 2.24) is 19.6 Å². The van der Waals surface area contributed by atoms with Crippen molar-refractivity contribution >= 4 is 21.8 Å². The lowest BCUT2D eigenvalue weighted by molar-refractivity contribution is 0.804. The van der Waals surface area contributed by atoms with Gasteiger partial charge in [0, 0.05) is 22.0 Å². The fourth-order valence-corrected chi connectivity index (χ4v) is 4.08. The van der Waals surface area contributed by atoms with Gasteiger partial charge < -0.3 is 4.57 Å². The third kappa shape index (κ3) is 2.62. The van der Waals surface area contributed by atoms with E-state index in [1.54, 1.807) is 4.68 Å². The second-order valence-corrected chi connectivity index (χ2v) is 7.30. The molecule has 0 N–H and O–H groups in total. The zero-order chi connectivity index (χ0) is 19.9. The lowest BCUT2D eigenvalue weighted by Crippen LogP contribution is -1.93. The summed E-state index contributed by atoms with van der Waals surface area (Å²) in [5.74, 6) is 0. The van der Waals surface area contributed by atoms with Crippen LogP contribution in [0.1, 0.15) is 0 Å². The van der Waals surface area contributed by atoms with Gasteiger partial charge in [-0.3, -0.25) is 0 Å². The van der Waals surface area contributed by atoms with Gasteiger partial charge in [-0.05, 0) is 36.4 Å². The molecule has 0 saturated heterocycles. The van der Waals surface area contributed by atoms with E-state index in [9.17, 15) is 0 Å². The maximum atomic E-state index is 4.36. The van der Waals surface area contributed by atoms with E-state index in [4.69, 9.17) is 0 Å². The van der Waals surface area contributed by atoms with Gasteiger partial charge >= 0.3 is 0 Å². The minimum absolute atomic E-state index is 0.854. The molecule has 0 amide bonds. The van der Waals surface area contributed by atoms with Crippen LogP contribution in [0.4, 0.5) is 0 Å². The summed E-state index contributed by atoms with van der Waals surface area (Å²) >= 11 is 0. The molecular formula is C26H18N4. The quantitative estimate of drug-likeness (QED) is 0.372. The van der Waals surface area contributed by atoms with Crippen molar-refractivity contribution in [3.05, 3.63) is 109 Å². The Kier molecular flexibility index (Phi) is 3.74. The summed E-state index contributed by atoms with van der Waals surface area (Å²) in [6.07, 6.45) is 1.96. The highest BCUT2D eigenvalue weighted by molar-refractivity contribution is 6.09. The van der Waals surface area contributed by atoms with Crippen LogP contribution in [0.15, 0.2) is 109 Å². The van der Waals surface area contributed by atoms with Gasteiger partial charge in [0.1, 0.15) is 5.69 Å². The zero-order valence-corrected chi connectivity index (χ0v) is 16.2. The summed E-state index contributed by atoms with van der Waals surface area (Å²) in [4.78, 5) is 0. The van der Waals surface area contributed by atoms with E-state index in [0.717, 1.165) is 22.6 Å². The van der Waals surface area contributed by atoms with E-state index >= 15 is 0 Å². The molecule has 2 aromatic heterocycles. The summed E-state index contributed by atoms with van der Waals surface area (Å²) in [6, 6.07) is 35.6. The predicted molar refractivity (Wildman–Crippen MR) is 121 cm³/mol. The van der Waals surface area contributed by atoms with E-state index < -0.39 is 0 Å². The lowest BCUT2D eigenvalue weighted by atomic mass is 10.1. The molecule has 0 spiro atoms. The molecule has 2 heterocycles. The summed E-state index contributed by atoms with van der Waals surface area (Å²) in [6.45, 7) is 0. The zero-order valence-electron chi connectivity index (χ0n) is 16.2. The summed E-state index contributed by atoms with van der Waals surface area (Å²) < 4.78 is 4.12. The molecule has 4 aromatic carbocycles. The average Bonchev–Trinajstić information content (AvgIpc) is 3.43. The second kappa shape index (κ2) is 6.71. The molecule has 142 valence electrons. The highest BCUT2D eigenvalue weighted by atomic mass is 15.4. The first-order valence-electron chi connectivity index (χ1n) is 9.95. The van der Waals surface area contributed by atoms with Gasteiger partial charge in [0.15, 0.2) is 0 Å². The summed E-state index contributed by atoms with van der Waals surface area (Å²) in [7, 11) is 0. The van der Waals surface area contributed by atoms with Gasteiger partial charge in [0.2, 0.25) is 0 Å². The van der Waals surface area contributed by atoms with Crippen LogP contribution < -0.4 is 0 Å². The molecule has 0 atom stereocenters. The van der Waals surface area contributed by atoms with E-state index in [0.29, 0.717) is 0 Å². The molecule has 6 aromatic rings. The largest absolute Gasteiger partial charge is 0.309 e. The Morgan fingerprint density at radius 3 is 1.80 bits per heavy atom. The molecule has 0 radical (unpaired) electrons. The summed E-state index contributed by atoms with van der Waals surface area (Å²) in [5, 5.41) is 11.2. The van der Waals surface area contributed by atoms with Gasteiger partial charge in [0.05, 0.1) is 22.9 Å². The van der Waals surface area contributed by atoms with Crippen LogP contribution in [0.25, 0.3) is 44.4 Å². The Morgan fingerprint density at radius 1 is 0.533 bits per heavy atom. The molecule has 0 aliphatic rings. The number of para-hydroxylation sites is 3. The van der Waals surface area contributed by atoms with Crippen molar-refractivity contribution < 1.29 is 0 Å². The van der Waals surface area contributed by atoms with Crippen molar-refractivity contribution in [2.24, 2.45) is 0 Å². The molecule has 0 unspecified atom stereocenters. The standard InChI is InChI=1S/C26H18N4/c1-2-8-20(9-3-1)29-18-24(27-28-29)19-14-16-21(17-15-19)30-25-12-6-4-10-22(25)23-11-5-7-13-26(23)30/h1-18H. The predicted octanol–water partition coefficient (Wildman–Crippen LogP) is 6.03. The molecule has 0 aliphatic heterocycles. The molecule has 0 saturated carbocycles. The Balaban J connectivity index is 1.43. The topological polar surface area (TPSA) is 35.6 Å². The number of hydrogen-bond acceptors (Lipinski definition) is 2. The van der Waals surface area contributed by atoms with Gasteiger partial charge in [-0.15, -0.1) is 5.10 Å². The third-order valence-electron chi connectivity index (χ3n) is 5.52. The fourth-order valence-electron chi connectivity index (χ4n) is 4.08. The first-order chi connectivity index (χ1) is 14.9. The van der Waals surface area contributed by atoms with Crippen molar-refractivity contribution in [3.63, 3.8) is 0 Å². The van der Waals surface area contributed by atoms with Gasteiger partial charge in [0.25, 0.3) is 0 Å². The number of hydrogen-bond donors (Lipinski definition) is 0. The maximum absolute atomic E-state index is 4.36. The van der Waals surface area contributed by atoms with Gasteiger partial charge in [-0.1, -0.05) is 71.9 Å². The van der Waals surface area contributed by atoms with E-state index in [1.165, 1.54) is 21.8 Å². The number of nitrogens with zero attached hydrogens (tertiary/aromatic N) is 4. The highest BCUT2D eigenvalue weighted by Crippen LogP contribution is 2.32. The van der Waals surface area contributed by atoms with Crippen LogP contribution in [-0.4, -0.2) is 19.6 Å². The Hall–Kier alpha value is -4.18. The van der Waals surface area contributed by atoms with Gasteiger partial charge in [-0.2, -0.15) is 0 Å². The molecule has 4 heteroatoms. The van der Waals surface area contributed by atoms with Crippen molar-refractivity contribution in [3.8, 4) is 22.6 Å². The summed E-state index contributed by atoms with van der Waals surface area (Å²) in [5.41, 5.74) is 6.45. The normalized spacial score (nSPS) is 11.3. The Labute approximate surface area is 173 Å². The number of benzene rings is 4. The Bertz CT molecular complexity index is 1420. The van der Waals surface area contributed by atoms with Crippen LogP contribution in [0, 0.1) is 0 Å². The molecule has 4 nitrogen and oxygen atoms in total. The Morgan fingerprint density at radius 2 is 1.13 bits per heavy atom. The van der Waals surface area contributed by atoms with E-state index in [2.05, 4.69) is 87.7 Å². The van der Waals surface area contributed by atoms with Crippen LogP contribution in [-0.2, 0) is 0 Å². The SMILES string of the molecule is c1ccc(-n2cc(-c3ccc(-n4c5ccccc5c5ccccc54)cc3)nn2)cc1. The monoisotopic (exact) mass is 386 g/mol. The molecular weight excluding hydrogens is 368 g/mol. The van der Waals surface area contributed by atoms with Crippen molar-refractivity contribution in [2.75, 3.05) is 0 Å². The van der Waals surface area contributed by atoms with E-state index in [-0.39, 0.29) is 0 Å². The second-order valence-electron chi connectivity index (χ2n) is 7.30. The minimum atomic E-state index is 0.854. The van der Waals surface area contributed by atoms with Crippen LogP contribution in [0.2, 0.25) is 0 Å². The molecule has 30 heavy (non-hydrogen) atoms. The minimum Gasteiger partial charge on any atom is -0.309 e. The van der Waals surface area contributed by atoms with E-state index in [1.807, 2.05) is 36.5 Å². The first-order valence-corrected chi connectivity index (χ1v) is 9.95. The van der Waals surface area contributed by atoms with Crippen molar-refractivity contribution in [1.29, 1.82) is 0 Å². The fraction of sp³-hybridized carbons (Fsp3) is 0. The first kappa shape index (κ1) is 16.7. The van der Waals surface area contributed by atoms with Crippen LogP contribution in [0.3, 0.4) is 0 Å². The number of aromatic nitrogens is 4. The lowest BCUT2D eigenvalue weighted by Gasteiger charge is -2.08. The number of rotatable bonds is 3. The number of fused-ring (bicyclic) bond motifs is 3. The maximum Gasteiger partial charge on any atom is 0.113 e. The smallest absolute Gasteiger partial charge is 0.113 e.